The lowest BCUT2D eigenvalue weighted by Gasteiger charge is -2.27. The summed E-state index contributed by atoms with van der Waals surface area (Å²) >= 11 is 0. The number of hydrogen-bond acceptors (Lipinski definition) is 3. The Morgan fingerprint density at radius 1 is 1.26 bits per heavy atom. The monoisotopic (exact) mass is 292 g/mol. The summed E-state index contributed by atoms with van der Waals surface area (Å²) in [6, 6.07) is 7.21. The van der Waals surface area contributed by atoms with Crippen LogP contribution in [0.25, 0.3) is 0 Å². The number of nitrogens with zero attached hydrogens (tertiary/aromatic N) is 2. The Hall–Kier alpha value is -1.57. The summed E-state index contributed by atoms with van der Waals surface area (Å²) in [4.78, 5) is 3.82. The molecule has 0 amide bonds. The SMILES string of the molecule is CC1=NCC(c2ccccc2)N1S(=O)(=O)C(F)(F)F. The molecule has 2 rings (SSSR count). The van der Waals surface area contributed by atoms with E-state index in [2.05, 4.69) is 4.99 Å². The molecule has 1 aromatic rings. The number of halogens is 3. The van der Waals surface area contributed by atoms with Crippen molar-refractivity contribution in [2.45, 2.75) is 18.5 Å². The molecule has 0 aliphatic carbocycles. The van der Waals surface area contributed by atoms with E-state index in [0.29, 0.717) is 9.87 Å². The zero-order valence-electron chi connectivity index (χ0n) is 9.92. The lowest BCUT2D eigenvalue weighted by molar-refractivity contribution is -0.0478. The topological polar surface area (TPSA) is 49.7 Å². The number of amidine groups is 1. The Morgan fingerprint density at radius 3 is 2.37 bits per heavy atom. The molecule has 0 N–H and O–H groups in total. The van der Waals surface area contributed by atoms with Crippen LogP contribution in [0.15, 0.2) is 35.3 Å². The number of alkyl halides is 3. The van der Waals surface area contributed by atoms with E-state index in [4.69, 9.17) is 0 Å². The molecular formula is C11H11F3N2O2S. The van der Waals surface area contributed by atoms with Gasteiger partial charge in [0.2, 0.25) is 0 Å². The highest BCUT2D eigenvalue weighted by Gasteiger charge is 2.53. The normalized spacial score (nSPS) is 20.5. The highest BCUT2D eigenvalue weighted by atomic mass is 32.2. The molecule has 0 saturated carbocycles. The number of hydrogen-bond donors (Lipinski definition) is 0. The van der Waals surface area contributed by atoms with Gasteiger partial charge in [-0.3, -0.25) is 4.99 Å². The molecular weight excluding hydrogens is 281 g/mol. The third-order valence-electron chi connectivity index (χ3n) is 2.83. The number of sulfonamides is 1. The highest BCUT2D eigenvalue weighted by molar-refractivity contribution is 7.90. The zero-order chi connectivity index (χ0) is 14.3. The maximum absolute atomic E-state index is 12.7. The summed E-state index contributed by atoms with van der Waals surface area (Å²) < 4.78 is 61.5. The van der Waals surface area contributed by atoms with E-state index in [0.717, 1.165) is 0 Å². The molecule has 1 aliphatic heterocycles. The summed E-state index contributed by atoms with van der Waals surface area (Å²) in [7, 11) is -5.42. The first-order chi connectivity index (χ1) is 8.75. The Balaban J connectivity index is 2.45. The van der Waals surface area contributed by atoms with Crippen molar-refractivity contribution in [3.63, 3.8) is 0 Å². The lowest BCUT2D eigenvalue weighted by atomic mass is 10.1. The average Bonchev–Trinajstić information content (AvgIpc) is 2.71. The van der Waals surface area contributed by atoms with Crippen molar-refractivity contribution in [1.29, 1.82) is 0 Å². The molecule has 8 heteroatoms. The summed E-state index contributed by atoms with van der Waals surface area (Å²) in [5.74, 6) is -0.147. The van der Waals surface area contributed by atoms with E-state index in [1.807, 2.05) is 0 Å². The van der Waals surface area contributed by atoms with Crippen molar-refractivity contribution in [2.75, 3.05) is 6.54 Å². The molecule has 104 valence electrons. The fourth-order valence-corrected chi connectivity index (χ4v) is 3.11. The molecule has 19 heavy (non-hydrogen) atoms. The molecule has 0 bridgehead atoms. The van der Waals surface area contributed by atoms with Gasteiger partial charge in [0.1, 0.15) is 5.84 Å². The molecule has 0 spiro atoms. The Kier molecular flexibility index (Phi) is 3.29. The van der Waals surface area contributed by atoms with Gasteiger partial charge in [0.15, 0.2) is 0 Å². The van der Waals surface area contributed by atoms with Crippen molar-refractivity contribution < 1.29 is 21.6 Å². The van der Waals surface area contributed by atoms with Gasteiger partial charge in [0.05, 0.1) is 12.6 Å². The largest absolute Gasteiger partial charge is 0.516 e. The zero-order valence-corrected chi connectivity index (χ0v) is 10.7. The molecule has 4 nitrogen and oxygen atoms in total. The second kappa shape index (κ2) is 4.52. The second-order valence-corrected chi connectivity index (χ2v) is 5.87. The second-order valence-electron chi connectivity index (χ2n) is 4.06. The molecule has 1 heterocycles. The standard InChI is InChI=1S/C11H11F3N2O2S/c1-8-15-7-10(9-5-3-2-4-6-9)16(8)19(17,18)11(12,13)14/h2-6,10H,7H2,1H3. The van der Waals surface area contributed by atoms with Crippen LogP contribution in [0.3, 0.4) is 0 Å². The van der Waals surface area contributed by atoms with Gasteiger partial charge in [0, 0.05) is 0 Å². The first-order valence-electron chi connectivity index (χ1n) is 5.42. The van der Waals surface area contributed by atoms with Gasteiger partial charge in [-0.25, -0.2) is 4.31 Å². The minimum Gasteiger partial charge on any atom is -0.269 e. The third kappa shape index (κ3) is 2.32. The van der Waals surface area contributed by atoms with Gasteiger partial charge in [-0.1, -0.05) is 30.3 Å². The Labute approximate surface area is 108 Å². The lowest BCUT2D eigenvalue weighted by Crippen LogP contribution is -2.43. The molecule has 1 aromatic carbocycles. The maximum atomic E-state index is 12.7. The highest BCUT2D eigenvalue weighted by Crippen LogP contribution is 2.36. The van der Waals surface area contributed by atoms with E-state index >= 15 is 0 Å². The van der Waals surface area contributed by atoms with Crippen molar-refractivity contribution in [1.82, 2.24) is 4.31 Å². The smallest absolute Gasteiger partial charge is 0.269 e. The molecule has 1 atom stereocenters. The van der Waals surface area contributed by atoms with Crippen LogP contribution in [0, 0.1) is 0 Å². The quantitative estimate of drug-likeness (QED) is 0.840. The first kappa shape index (κ1) is 13.9. The van der Waals surface area contributed by atoms with Crippen LogP contribution in [-0.4, -0.2) is 30.6 Å². The Morgan fingerprint density at radius 2 is 1.84 bits per heavy atom. The van der Waals surface area contributed by atoms with Gasteiger partial charge in [-0.15, -0.1) is 0 Å². The molecule has 0 fully saturated rings. The number of aliphatic imine (C=N–C) groups is 1. The van der Waals surface area contributed by atoms with Crippen LogP contribution in [0.2, 0.25) is 0 Å². The third-order valence-corrected chi connectivity index (χ3v) is 4.45. The minimum atomic E-state index is -5.42. The predicted molar refractivity (Wildman–Crippen MR) is 64.0 cm³/mol. The molecule has 0 aromatic heterocycles. The van der Waals surface area contributed by atoms with Crippen LogP contribution in [-0.2, 0) is 10.0 Å². The molecule has 0 radical (unpaired) electrons. The van der Waals surface area contributed by atoms with Gasteiger partial charge >= 0.3 is 15.5 Å². The van der Waals surface area contributed by atoms with Crippen LogP contribution in [0.5, 0.6) is 0 Å². The predicted octanol–water partition coefficient (Wildman–Crippen LogP) is 2.31. The van der Waals surface area contributed by atoms with Crippen molar-refractivity contribution in [3.05, 3.63) is 35.9 Å². The van der Waals surface area contributed by atoms with Gasteiger partial charge < -0.3 is 0 Å². The van der Waals surface area contributed by atoms with E-state index in [-0.39, 0.29) is 12.4 Å². The molecule has 0 saturated heterocycles. The van der Waals surface area contributed by atoms with Crippen molar-refractivity contribution >= 4 is 15.9 Å². The molecule has 1 aliphatic rings. The van der Waals surface area contributed by atoms with Crippen LogP contribution in [0.1, 0.15) is 18.5 Å². The Bertz CT molecular complexity index is 596. The fraction of sp³-hybridized carbons (Fsp3) is 0.364. The van der Waals surface area contributed by atoms with Crippen LogP contribution >= 0.6 is 0 Å². The van der Waals surface area contributed by atoms with Crippen LogP contribution in [0.4, 0.5) is 13.2 Å². The molecule has 1 unspecified atom stereocenters. The fourth-order valence-electron chi connectivity index (χ4n) is 1.96. The van der Waals surface area contributed by atoms with E-state index in [9.17, 15) is 21.6 Å². The first-order valence-corrected chi connectivity index (χ1v) is 6.86. The van der Waals surface area contributed by atoms with Gasteiger partial charge in [0.25, 0.3) is 0 Å². The van der Waals surface area contributed by atoms with Crippen LogP contribution < -0.4 is 0 Å². The average molecular weight is 292 g/mol. The minimum absolute atomic E-state index is 0.00877. The van der Waals surface area contributed by atoms with E-state index in [1.54, 1.807) is 30.3 Å². The summed E-state index contributed by atoms with van der Waals surface area (Å²) in [5.41, 5.74) is -4.85. The van der Waals surface area contributed by atoms with Gasteiger partial charge in [-0.05, 0) is 12.5 Å². The van der Waals surface area contributed by atoms with E-state index in [1.165, 1.54) is 6.92 Å². The summed E-state index contributed by atoms with van der Waals surface area (Å²) in [6.45, 7) is 1.25. The van der Waals surface area contributed by atoms with E-state index < -0.39 is 21.6 Å². The van der Waals surface area contributed by atoms with Crippen molar-refractivity contribution in [3.8, 4) is 0 Å². The summed E-state index contributed by atoms with van der Waals surface area (Å²) in [6.07, 6.45) is 0. The number of benzene rings is 1. The maximum Gasteiger partial charge on any atom is 0.516 e. The summed E-state index contributed by atoms with van der Waals surface area (Å²) in [5, 5.41) is 0. The van der Waals surface area contributed by atoms with Gasteiger partial charge in [-0.2, -0.15) is 21.6 Å². The number of rotatable bonds is 2. The van der Waals surface area contributed by atoms with Crippen molar-refractivity contribution in [2.24, 2.45) is 4.99 Å².